The van der Waals surface area contributed by atoms with Crippen LogP contribution in [0.2, 0.25) is 10.2 Å². The van der Waals surface area contributed by atoms with E-state index in [9.17, 15) is 9.18 Å². The molecule has 16 heavy (non-hydrogen) atoms. The molecule has 0 saturated heterocycles. The van der Waals surface area contributed by atoms with E-state index in [0.29, 0.717) is 11.1 Å². The van der Waals surface area contributed by atoms with Crippen LogP contribution in [0.4, 0.5) is 4.39 Å². The monoisotopic (exact) mass is 257 g/mol. The van der Waals surface area contributed by atoms with E-state index in [-0.39, 0.29) is 15.7 Å². The molecular weight excluding hydrogens is 252 g/mol. The zero-order chi connectivity index (χ0) is 11.7. The van der Waals surface area contributed by atoms with Crippen LogP contribution in [-0.4, -0.2) is 4.98 Å². The molecule has 0 radical (unpaired) electrons. The Kier molecular flexibility index (Phi) is 2.99. The molecule has 0 fully saturated rings. The average Bonchev–Trinajstić information content (AvgIpc) is 2.20. The van der Waals surface area contributed by atoms with Gasteiger partial charge in [-0.25, -0.2) is 4.39 Å². The van der Waals surface area contributed by atoms with Crippen molar-refractivity contribution in [2.75, 3.05) is 0 Å². The number of H-pyrrole nitrogens is 1. The van der Waals surface area contributed by atoms with Crippen LogP contribution >= 0.6 is 23.2 Å². The number of rotatable bonds is 1. The average molecular weight is 258 g/mol. The largest absolute Gasteiger partial charge is 0.313 e. The van der Waals surface area contributed by atoms with Gasteiger partial charge in [0.05, 0.1) is 5.02 Å². The lowest BCUT2D eigenvalue weighted by Gasteiger charge is -2.02. The third-order valence-electron chi connectivity index (χ3n) is 2.06. The molecule has 0 aliphatic rings. The van der Waals surface area contributed by atoms with Crippen LogP contribution in [0.25, 0.3) is 11.1 Å². The summed E-state index contributed by atoms with van der Waals surface area (Å²) in [4.78, 5) is 13.6. The van der Waals surface area contributed by atoms with Gasteiger partial charge in [-0.05, 0) is 29.3 Å². The molecule has 0 aliphatic heterocycles. The van der Waals surface area contributed by atoms with Gasteiger partial charge >= 0.3 is 0 Å². The molecule has 1 N–H and O–H groups in total. The predicted octanol–water partition coefficient (Wildman–Crippen LogP) is 3.49. The van der Waals surface area contributed by atoms with Gasteiger partial charge in [-0.15, -0.1) is 0 Å². The van der Waals surface area contributed by atoms with Crippen LogP contribution in [0.1, 0.15) is 0 Å². The molecule has 1 aromatic heterocycles. The maximum Gasteiger partial charge on any atom is 0.249 e. The Morgan fingerprint density at radius 2 is 1.81 bits per heavy atom. The molecule has 0 unspecified atom stereocenters. The molecule has 0 amide bonds. The highest BCUT2D eigenvalue weighted by Crippen LogP contribution is 2.24. The smallest absolute Gasteiger partial charge is 0.249 e. The zero-order valence-corrected chi connectivity index (χ0v) is 9.44. The summed E-state index contributed by atoms with van der Waals surface area (Å²) >= 11 is 11.4. The van der Waals surface area contributed by atoms with E-state index >= 15 is 0 Å². The Labute approximate surface area is 101 Å². The van der Waals surface area contributed by atoms with E-state index in [0.717, 1.165) is 0 Å². The second-order valence-electron chi connectivity index (χ2n) is 3.21. The first-order chi connectivity index (χ1) is 7.56. The van der Waals surface area contributed by atoms with Gasteiger partial charge in [-0.2, -0.15) is 0 Å². The van der Waals surface area contributed by atoms with Crippen molar-refractivity contribution in [2.24, 2.45) is 0 Å². The van der Waals surface area contributed by atoms with Crippen molar-refractivity contribution >= 4 is 23.2 Å². The summed E-state index contributed by atoms with van der Waals surface area (Å²) in [5.74, 6) is -0.499. The highest BCUT2D eigenvalue weighted by molar-refractivity contribution is 6.31. The lowest BCUT2D eigenvalue weighted by atomic mass is 10.1. The Morgan fingerprint density at radius 1 is 1.06 bits per heavy atom. The van der Waals surface area contributed by atoms with Crippen LogP contribution in [0, 0.1) is 5.82 Å². The van der Waals surface area contributed by atoms with E-state index in [2.05, 4.69) is 4.98 Å². The molecule has 82 valence electrons. The highest BCUT2D eigenvalue weighted by atomic mass is 35.5. The second-order valence-corrected chi connectivity index (χ2v) is 4.02. The summed E-state index contributed by atoms with van der Waals surface area (Å²) in [5, 5.41) is 0.233. The molecular formula is C11H6Cl2FNO. The maximum atomic E-state index is 12.9. The van der Waals surface area contributed by atoms with Crippen LogP contribution in [0.15, 0.2) is 35.1 Å². The van der Waals surface area contributed by atoms with Crippen molar-refractivity contribution in [3.8, 4) is 11.1 Å². The number of hydrogen-bond acceptors (Lipinski definition) is 1. The summed E-state index contributed by atoms with van der Waals surface area (Å²) < 4.78 is 12.9. The standard InChI is InChI=1S/C11H6Cl2FNO/c12-8-3-6(1-2-9(8)14)7-4-10(13)15-11(16)5-7/h1-5H,(H,15,16). The third-order valence-corrected chi connectivity index (χ3v) is 2.56. The lowest BCUT2D eigenvalue weighted by Crippen LogP contribution is -2.03. The van der Waals surface area contributed by atoms with E-state index in [4.69, 9.17) is 23.2 Å². The number of halogens is 3. The van der Waals surface area contributed by atoms with Gasteiger partial charge in [0.1, 0.15) is 11.0 Å². The number of aromatic nitrogens is 1. The van der Waals surface area contributed by atoms with E-state index < -0.39 is 5.82 Å². The number of benzene rings is 1. The molecule has 0 atom stereocenters. The molecule has 2 rings (SSSR count). The lowest BCUT2D eigenvalue weighted by molar-refractivity contribution is 0.628. The minimum atomic E-state index is -0.499. The van der Waals surface area contributed by atoms with Crippen molar-refractivity contribution in [1.29, 1.82) is 0 Å². The van der Waals surface area contributed by atoms with Gasteiger partial charge in [0.2, 0.25) is 5.56 Å². The fourth-order valence-corrected chi connectivity index (χ4v) is 1.74. The Bertz CT molecular complexity index is 595. The molecule has 1 aromatic carbocycles. The van der Waals surface area contributed by atoms with Gasteiger partial charge < -0.3 is 4.98 Å². The molecule has 5 heteroatoms. The fourth-order valence-electron chi connectivity index (χ4n) is 1.35. The van der Waals surface area contributed by atoms with Crippen molar-refractivity contribution in [1.82, 2.24) is 4.98 Å². The molecule has 0 saturated carbocycles. The van der Waals surface area contributed by atoms with Gasteiger partial charge in [0, 0.05) is 6.07 Å². The Morgan fingerprint density at radius 3 is 2.44 bits per heavy atom. The molecule has 0 bridgehead atoms. The topological polar surface area (TPSA) is 32.9 Å². The number of nitrogens with one attached hydrogen (secondary N) is 1. The van der Waals surface area contributed by atoms with E-state index in [1.807, 2.05) is 0 Å². The number of hydrogen-bond donors (Lipinski definition) is 1. The quantitative estimate of drug-likeness (QED) is 0.780. The van der Waals surface area contributed by atoms with Crippen LogP contribution in [0.3, 0.4) is 0 Å². The Balaban J connectivity index is 2.58. The van der Waals surface area contributed by atoms with Crippen LogP contribution in [0.5, 0.6) is 0 Å². The van der Waals surface area contributed by atoms with Gasteiger partial charge in [-0.3, -0.25) is 4.79 Å². The minimum absolute atomic E-state index is 0.00824. The second kappa shape index (κ2) is 4.28. The van der Waals surface area contributed by atoms with Gasteiger partial charge in [-0.1, -0.05) is 29.3 Å². The van der Waals surface area contributed by atoms with Crippen molar-refractivity contribution < 1.29 is 4.39 Å². The van der Waals surface area contributed by atoms with Gasteiger partial charge in [0.15, 0.2) is 0 Å². The summed E-state index contributed by atoms with van der Waals surface area (Å²) in [6, 6.07) is 7.17. The normalized spacial score (nSPS) is 10.4. The summed E-state index contributed by atoms with van der Waals surface area (Å²) in [5.41, 5.74) is 0.915. The fraction of sp³-hybridized carbons (Fsp3) is 0. The van der Waals surface area contributed by atoms with E-state index in [1.165, 1.54) is 24.3 Å². The first-order valence-corrected chi connectivity index (χ1v) is 5.17. The molecule has 0 spiro atoms. The van der Waals surface area contributed by atoms with Crippen molar-refractivity contribution in [3.63, 3.8) is 0 Å². The highest BCUT2D eigenvalue weighted by Gasteiger charge is 2.04. The maximum absolute atomic E-state index is 12.9. The van der Waals surface area contributed by atoms with Crippen molar-refractivity contribution in [2.45, 2.75) is 0 Å². The molecule has 1 heterocycles. The SMILES string of the molecule is O=c1cc(-c2ccc(F)c(Cl)c2)cc(Cl)[nH]1. The van der Waals surface area contributed by atoms with Crippen molar-refractivity contribution in [3.05, 3.63) is 56.7 Å². The first-order valence-electron chi connectivity index (χ1n) is 4.41. The first kappa shape index (κ1) is 11.2. The molecule has 2 nitrogen and oxygen atoms in total. The predicted molar refractivity (Wildman–Crippen MR) is 62.5 cm³/mol. The zero-order valence-electron chi connectivity index (χ0n) is 7.93. The Hall–Kier alpha value is -1.32. The molecule has 2 aromatic rings. The third kappa shape index (κ3) is 2.26. The van der Waals surface area contributed by atoms with Crippen LogP contribution in [-0.2, 0) is 0 Å². The minimum Gasteiger partial charge on any atom is -0.313 e. The summed E-state index contributed by atoms with van der Waals surface area (Å²) in [6.07, 6.45) is 0. The summed E-state index contributed by atoms with van der Waals surface area (Å²) in [7, 11) is 0. The number of pyridine rings is 1. The van der Waals surface area contributed by atoms with E-state index in [1.54, 1.807) is 6.07 Å². The molecule has 0 aliphatic carbocycles. The van der Waals surface area contributed by atoms with Gasteiger partial charge in [0.25, 0.3) is 0 Å². The summed E-state index contributed by atoms with van der Waals surface area (Å²) in [6.45, 7) is 0. The number of aromatic amines is 1. The van der Waals surface area contributed by atoms with Crippen LogP contribution < -0.4 is 5.56 Å².